The molecule has 2 unspecified atom stereocenters. The molecule has 0 aromatic carbocycles. The van der Waals surface area contributed by atoms with Gasteiger partial charge in [-0.25, -0.2) is 9.97 Å². The number of rotatable bonds is 5. The number of anilines is 1. The lowest BCUT2D eigenvalue weighted by atomic mass is 10.0. The molecule has 0 radical (unpaired) electrons. The lowest BCUT2D eigenvalue weighted by Crippen LogP contribution is -2.24. The molecule has 0 aliphatic carbocycles. The van der Waals surface area contributed by atoms with Crippen LogP contribution in [0.25, 0.3) is 0 Å². The van der Waals surface area contributed by atoms with E-state index in [1.54, 1.807) is 0 Å². The summed E-state index contributed by atoms with van der Waals surface area (Å²) in [6.45, 7) is 6.07. The van der Waals surface area contributed by atoms with Crippen LogP contribution in [0.2, 0.25) is 5.15 Å². The molecule has 0 bridgehead atoms. The number of nitrogens with one attached hydrogen (secondary N) is 1. The Labute approximate surface area is 105 Å². The van der Waals surface area contributed by atoms with Crippen LogP contribution in [0.3, 0.4) is 0 Å². The van der Waals surface area contributed by atoms with Gasteiger partial charge < -0.3 is 5.32 Å². The molecule has 0 amide bonds. The molecule has 0 saturated carbocycles. The highest BCUT2D eigenvalue weighted by Crippen LogP contribution is 2.29. The van der Waals surface area contributed by atoms with Crippen molar-refractivity contribution in [2.24, 2.45) is 5.92 Å². The zero-order valence-electron chi connectivity index (χ0n) is 9.98. The second-order valence-electron chi connectivity index (χ2n) is 3.94. The first kappa shape index (κ1) is 13.6. The van der Waals surface area contributed by atoms with Gasteiger partial charge in [0.1, 0.15) is 6.33 Å². The maximum absolute atomic E-state index is 10.9. The van der Waals surface area contributed by atoms with E-state index in [-0.39, 0.29) is 22.7 Å². The van der Waals surface area contributed by atoms with Crippen molar-refractivity contribution in [2.45, 2.75) is 33.2 Å². The minimum absolute atomic E-state index is 0.0738. The topological polar surface area (TPSA) is 81.0 Å². The van der Waals surface area contributed by atoms with Crippen LogP contribution in [0, 0.1) is 16.0 Å². The summed E-state index contributed by atoms with van der Waals surface area (Å²) in [5, 5.41) is 13.7. The number of nitrogens with zero attached hydrogens (tertiary/aromatic N) is 3. The van der Waals surface area contributed by atoms with Gasteiger partial charge in [0, 0.05) is 6.04 Å². The monoisotopic (exact) mass is 258 g/mol. The van der Waals surface area contributed by atoms with Crippen molar-refractivity contribution in [3.63, 3.8) is 0 Å². The number of nitro groups is 1. The van der Waals surface area contributed by atoms with Gasteiger partial charge in [-0.2, -0.15) is 0 Å². The molecule has 0 aliphatic heterocycles. The Morgan fingerprint density at radius 1 is 1.53 bits per heavy atom. The van der Waals surface area contributed by atoms with Crippen LogP contribution in [0.15, 0.2) is 6.33 Å². The molecule has 0 spiro atoms. The smallest absolute Gasteiger partial charge is 0.348 e. The number of halogens is 1. The van der Waals surface area contributed by atoms with E-state index in [0.717, 1.165) is 6.42 Å². The van der Waals surface area contributed by atoms with Crippen molar-refractivity contribution >= 4 is 23.1 Å². The van der Waals surface area contributed by atoms with Crippen LogP contribution >= 0.6 is 11.6 Å². The molecule has 6 nitrogen and oxygen atoms in total. The van der Waals surface area contributed by atoms with Crippen LogP contribution in [-0.4, -0.2) is 20.9 Å². The van der Waals surface area contributed by atoms with Gasteiger partial charge in [-0.05, 0) is 12.8 Å². The van der Waals surface area contributed by atoms with Gasteiger partial charge in [-0.3, -0.25) is 10.1 Å². The molecule has 1 aromatic rings. The van der Waals surface area contributed by atoms with Crippen molar-refractivity contribution in [2.75, 3.05) is 5.32 Å². The van der Waals surface area contributed by atoms with E-state index in [0.29, 0.717) is 5.92 Å². The van der Waals surface area contributed by atoms with Gasteiger partial charge in [0.15, 0.2) is 0 Å². The Balaban J connectivity index is 2.98. The first-order valence-corrected chi connectivity index (χ1v) is 5.76. The predicted octanol–water partition coefficient (Wildman–Crippen LogP) is 2.88. The summed E-state index contributed by atoms with van der Waals surface area (Å²) in [6.07, 6.45) is 2.18. The van der Waals surface area contributed by atoms with Gasteiger partial charge >= 0.3 is 5.69 Å². The van der Waals surface area contributed by atoms with E-state index in [2.05, 4.69) is 29.1 Å². The second-order valence-corrected chi connectivity index (χ2v) is 4.30. The summed E-state index contributed by atoms with van der Waals surface area (Å²) in [7, 11) is 0. The summed E-state index contributed by atoms with van der Waals surface area (Å²) in [6, 6.07) is 0.0738. The Morgan fingerprint density at radius 2 is 2.18 bits per heavy atom. The third-order valence-corrected chi connectivity index (χ3v) is 3.10. The van der Waals surface area contributed by atoms with Crippen LogP contribution in [0.5, 0.6) is 0 Å². The zero-order valence-corrected chi connectivity index (χ0v) is 10.7. The molecule has 1 aromatic heterocycles. The standard InChI is InChI=1S/C10H15ClN4O2/c1-4-6(2)7(3)14-10-8(15(16)17)9(11)12-5-13-10/h5-7H,4H2,1-3H3,(H,12,13,14). The van der Waals surface area contributed by atoms with E-state index in [1.807, 2.05) is 6.92 Å². The third-order valence-electron chi connectivity index (χ3n) is 2.82. The Kier molecular flexibility index (Phi) is 4.62. The fourth-order valence-electron chi connectivity index (χ4n) is 1.34. The van der Waals surface area contributed by atoms with Crippen molar-refractivity contribution in [1.29, 1.82) is 0 Å². The summed E-state index contributed by atoms with van der Waals surface area (Å²) in [5.41, 5.74) is -0.274. The number of aromatic nitrogens is 2. The first-order valence-electron chi connectivity index (χ1n) is 5.38. The molecule has 1 N–H and O–H groups in total. The van der Waals surface area contributed by atoms with Gasteiger partial charge in [-0.1, -0.05) is 31.9 Å². The van der Waals surface area contributed by atoms with E-state index in [4.69, 9.17) is 11.6 Å². The van der Waals surface area contributed by atoms with Crippen molar-refractivity contribution in [3.05, 3.63) is 21.6 Å². The summed E-state index contributed by atoms with van der Waals surface area (Å²) < 4.78 is 0. The molecule has 0 aliphatic rings. The highest BCUT2D eigenvalue weighted by atomic mass is 35.5. The average molecular weight is 259 g/mol. The Morgan fingerprint density at radius 3 is 2.71 bits per heavy atom. The van der Waals surface area contributed by atoms with Crippen molar-refractivity contribution in [1.82, 2.24) is 9.97 Å². The summed E-state index contributed by atoms with van der Waals surface area (Å²) in [5.74, 6) is 0.547. The van der Waals surface area contributed by atoms with Gasteiger partial charge in [0.2, 0.25) is 11.0 Å². The quantitative estimate of drug-likeness (QED) is 0.499. The van der Waals surface area contributed by atoms with Crippen molar-refractivity contribution in [3.8, 4) is 0 Å². The SMILES string of the molecule is CCC(C)C(C)Nc1ncnc(Cl)c1[N+](=O)[O-]. The van der Waals surface area contributed by atoms with E-state index in [1.165, 1.54) is 6.33 Å². The predicted molar refractivity (Wildman–Crippen MR) is 66.2 cm³/mol. The third kappa shape index (κ3) is 3.26. The van der Waals surface area contributed by atoms with E-state index in [9.17, 15) is 10.1 Å². The zero-order chi connectivity index (χ0) is 13.0. The average Bonchev–Trinajstić information content (AvgIpc) is 2.27. The number of hydrogen-bond acceptors (Lipinski definition) is 5. The summed E-state index contributed by atoms with van der Waals surface area (Å²) >= 11 is 5.69. The molecular weight excluding hydrogens is 244 g/mol. The highest BCUT2D eigenvalue weighted by molar-refractivity contribution is 6.31. The van der Waals surface area contributed by atoms with Crippen molar-refractivity contribution < 1.29 is 4.92 Å². The molecular formula is C10H15ClN4O2. The van der Waals surface area contributed by atoms with Gasteiger partial charge in [0.25, 0.3) is 0 Å². The minimum atomic E-state index is -0.575. The van der Waals surface area contributed by atoms with Crippen LogP contribution < -0.4 is 5.32 Å². The minimum Gasteiger partial charge on any atom is -0.361 e. The normalized spacial score (nSPS) is 14.1. The van der Waals surface area contributed by atoms with Crippen LogP contribution in [-0.2, 0) is 0 Å². The molecule has 1 heterocycles. The maximum Gasteiger partial charge on any atom is 0.348 e. The Bertz CT molecular complexity index is 413. The lowest BCUT2D eigenvalue weighted by Gasteiger charge is -2.20. The largest absolute Gasteiger partial charge is 0.361 e. The van der Waals surface area contributed by atoms with Crippen LogP contribution in [0.4, 0.5) is 11.5 Å². The highest BCUT2D eigenvalue weighted by Gasteiger charge is 2.23. The first-order chi connectivity index (χ1) is 7.97. The molecule has 0 fully saturated rings. The fraction of sp³-hybridized carbons (Fsp3) is 0.600. The lowest BCUT2D eigenvalue weighted by molar-refractivity contribution is -0.384. The molecule has 94 valence electrons. The Hall–Kier alpha value is -1.43. The molecule has 0 saturated heterocycles. The molecule has 2 atom stereocenters. The fourth-order valence-corrected chi connectivity index (χ4v) is 1.54. The van der Waals surface area contributed by atoms with Gasteiger partial charge in [-0.15, -0.1) is 0 Å². The molecule has 17 heavy (non-hydrogen) atoms. The molecule has 7 heteroatoms. The molecule has 1 rings (SSSR count). The van der Waals surface area contributed by atoms with Crippen LogP contribution in [0.1, 0.15) is 27.2 Å². The second kappa shape index (κ2) is 5.77. The maximum atomic E-state index is 10.9. The van der Waals surface area contributed by atoms with Gasteiger partial charge in [0.05, 0.1) is 4.92 Å². The van der Waals surface area contributed by atoms with E-state index < -0.39 is 4.92 Å². The number of hydrogen-bond donors (Lipinski definition) is 1. The summed E-state index contributed by atoms with van der Waals surface area (Å²) in [4.78, 5) is 17.8. The van der Waals surface area contributed by atoms with E-state index >= 15 is 0 Å².